The number of hydrogen-bond donors (Lipinski definition) is 2. The molecule has 0 aliphatic heterocycles. The van der Waals surface area contributed by atoms with E-state index in [1.165, 1.54) is 11.1 Å². The zero-order valence-corrected chi connectivity index (χ0v) is 10.6. The van der Waals surface area contributed by atoms with Gasteiger partial charge in [-0.15, -0.1) is 0 Å². The number of nitrogens with zero attached hydrogens (tertiary/aromatic N) is 1. The van der Waals surface area contributed by atoms with Crippen molar-refractivity contribution >= 4 is 5.69 Å². The van der Waals surface area contributed by atoms with Gasteiger partial charge in [0.25, 0.3) is 0 Å². The molecule has 3 nitrogen and oxygen atoms in total. The topological polar surface area (TPSA) is 40.7 Å². The Bertz CT molecular complexity index is 443. The van der Waals surface area contributed by atoms with Crippen LogP contribution in [0, 0.1) is 0 Å². The molecule has 0 bridgehead atoms. The lowest BCUT2D eigenvalue weighted by Crippen LogP contribution is -2.05. The average molecular weight is 229 g/mol. The van der Waals surface area contributed by atoms with Crippen molar-refractivity contribution in [2.45, 2.75) is 32.7 Å². The predicted molar refractivity (Wildman–Crippen MR) is 71.2 cm³/mol. The van der Waals surface area contributed by atoms with E-state index < -0.39 is 0 Å². The molecule has 90 valence electrons. The van der Waals surface area contributed by atoms with E-state index in [1.54, 1.807) is 6.20 Å². The smallest absolute Gasteiger partial charge is 0.0728 e. The van der Waals surface area contributed by atoms with Gasteiger partial charge in [-0.05, 0) is 24.0 Å². The van der Waals surface area contributed by atoms with Crippen molar-refractivity contribution in [2.75, 3.05) is 5.32 Å². The number of nitrogens with one attached hydrogen (secondary N) is 2. The van der Waals surface area contributed by atoms with Crippen LogP contribution in [0.25, 0.3) is 0 Å². The Balaban J connectivity index is 2.06. The molecule has 0 spiro atoms. The number of anilines is 1. The molecule has 2 rings (SSSR count). The third-order valence-electron chi connectivity index (χ3n) is 2.98. The van der Waals surface area contributed by atoms with Crippen LogP contribution in [0.2, 0.25) is 0 Å². The molecule has 1 atom stereocenters. The summed E-state index contributed by atoms with van der Waals surface area (Å²) in [5.41, 5.74) is 3.69. The molecule has 1 heterocycles. The Hall–Kier alpha value is -1.77. The van der Waals surface area contributed by atoms with Crippen molar-refractivity contribution in [1.82, 2.24) is 10.2 Å². The van der Waals surface area contributed by atoms with E-state index in [9.17, 15) is 0 Å². The van der Waals surface area contributed by atoms with Crippen LogP contribution in [0.4, 0.5) is 5.69 Å². The second-order valence-electron chi connectivity index (χ2n) is 4.67. The normalized spacial score (nSPS) is 12.7. The minimum atomic E-state index is 0.286. The largest absolute Gasteiger partial charge is 0.376 e. The number of hydrogen-bond acceptors (Lipinski definition) is 2. The fourth-order valence-electron chi connectivity index (χ4n) is 1.83. The van der Waals surface area contributed by atoms with Crippen LogP contribution >= 0.6 is 0 Å². The fraction of sp³-hybridized carbons (Fsp3) is 0.357. The summed E-state index contributed by atoms with van der Waals surface area (Å²) in [5.74, 6) is 0.584. The van der Waals surface area contributed by atoms with Gasteiger partial charge in [-0.1, -0.05) is 38.1 Å². The van der Waals surface area contributed by atoms with Gasteiger partial charge in [0.05, 0.1) is 11.9 Å². The van der Waals surface area contributed by atoms with Crippen LogP contribution in [0.5, 0.6) is 0 Å². The third-order valence-corrected chi connectivity index (χ3v) is 2.98. The molecular weight excluding hydrogens is 210 g/mol. The molecule has 1 aromatic carbocycles. The van der Waals surface area contributed by atoms with Crippen LogP contribution in [0.3, 0.4) is 0 Å². The quantitative estimate of drug-likeness (QED) is 0.839. The molecule has 0 saturated heterocycles. The zero-order chi connectivity index (χ0) is 12.3. The van der Waals surface area contributed by atoms with Gasteiger partial charge < -0.3 is 5.32 Å². The highest BCUT2D eigenvalue weighted by molar-refractivity contribution is 5.41. The van der Waals surface area contributed by atoms with E-state index in [0.717, 1.165) is 5.69 Å². The van der Waals surface area contributed by atoms with E-state index >= 15 is 0 Å². The summed E-state index contributed by atoms with van der Waals surface area (Å²) in [6.45, 7) is 6.57. The summed E-state index contributed by atoms with van der Waals surface area (Å²) in [6, 6.07) is 9.06. The van der Waals surface area contributed by atoms with E-state index in [-0.39, 0.29) is 6.04 Å². The molecule has 0 aliphatic rings. The van der Waals surface area contributed by atoms with Gasteiger partial charge >= 0.3 is 0 Å². The molecule has 0 radical (unpaired) electrons. The van der Waals surface area contributed by atoms with Gasteiger partial charge in [-0.3, -0.25) is 5.10 Å². The molecule has 2 aromatic rings. The monoisotopic (exact) mass is 229 g/mol. The predicted octanol–water partition coefficient (Wildman–Crippen LogP) is 3.71. The van der Waals surface area contributed by atoms with Gasteiger partial charge in [0.2, 0.25) is 0 Å². The maximum absolute atomic E-state index is 3.92. The first-order valence-electron chi connectivity index (χ1n) is 6.02. The lowest BCUT2D eigenvalue weighted by molar-refractivity contribution is 0.852. The highest BCUT2D eigenvalue weighted by Gasteiger charge is 2.06. The first-order valence-corrected chi connectivity index (χ1v) is 6.02. The van der Waals surface area contributed by atoms with Crippen LogP contribution in [0.1, 0.15) is 43.9 Å². The second kappa shape index (κ2) is 5.04. The summed E-state index contributed by atoms with van der Waals surface area (Å²) in [6.07, 6.45) is 3.65. The molecule has 0 amide bonds. The molecule has 3 heteroatoms. The maximum Gasteiger partial charge on any atom is 0.0728 e. The minimum Gasteiger partial charge on any atom is -0.376 e. The standard InChI is InChI=1S/C14H19N3/c1-10(2)12-4-6-13(7-5-12)11(3)17-14-8-15-16-9-14/h4-11,17H,1-3H3,(H,15,16). The molecule has 0 saturated carbocycles. The van der Waals surface area contributed by atoms with Gasteiger partial charge in [0.15, 0.2) is 0 Å². The summed E-state index contributed by atoms with van der Waals surface area (Å²) >= 11 is 0. The lowest BCUT2D eigenvalue weighted by atomic mass is 9.99. The van der Waals surface area contributed by atoms with Crippen molar-refractivity contribution in [3.8, 4) is 0 Å². The SMILES string of the molecule is CC(C)c1ccc(C(C)Nc2cn[nH]c2)cc1. The molecular formula is C14H19N3. The minimum absolute atomic E-state index is 0.286. The third kappa shape index (κ3) is 2.87. The number of rotatable bonds is 4. The highest BCUT2D eigenvalue weighted by atomic mass is 15.1. The number of benzene rings is 1. The summed E-state index contributed by atoms with van der Waals surface area (Å²) in [5, 5.41) is 10.1. The summed E-state index contributed by atoms with van der Waals surface area (Å²) in [4.78, 5) is 0. The van der Waals surface area contributed by atoms with Crippen molar-refractivity contribution < 1.29 is 0 Å². The molecule has 1 unspecified atom stereocenters. The van der Waals surface area contributed by atoms with E-state index in [1.807, 2.05) is 6.20 Å². The van der Waals surface area contributed by atoms with Crippen molar-refractivity contribution in [3.63, 3.8) is 0 Å². The van der Waals surface area contributed by atoms with Gasteiger partial charge in [0.1, 0.15) is 0 Å². The first-order chi connectivity index (χ1) is 8.16. The summed E-state index contributed by atoms with van der Waals surface area (Å²) in [7, 11) is 0. The zero-order valence-electron chi connectivity index (χ0n) is 10.6. The van der Waals surface area contributed by atoms with Crippen molar-refractivity contribution in [3.05, 3.63) is 47.8 Å². The molecule has 1 aromatic heterocycles. The Morgan fingerprint density at radius 1 is 1.06 bits per heavy atom. The Labute approximate surface area is 102 Å². The summed E-state index contributed by atoms with van der Waals surface area (Å²) < 4.78 is 0. The Morgan fingerprint density at radius 3 is 2.24 bits per heavy atom. The molecule has 2 N–H and O–H groups in total. The van der Waals surface area contributed by atoms with Crippen molar-refractivity contribution in [2.24, 2.45) is 0 Å². The van der Waals surface area contributed by atoms with E-state index in [4.69, 9.17) is 0 Å². The van der Waals surface area contributed by atoms with E-state index in [2.05, 4.69) is 60.6 Å². The maximum atomic E-state index is 3.92. The Morgan fingerprint density at radius 2 is 1.71 bits per heavy atom. The van der Waals surface area contributed by atoms with Gasteiger partial charge in [0, 0.05) is 12.2 Å². The van der Waals surface area contributed by atoms with Gasteiger partial charge in [-0.2, -0.15) is 5.10 Å². The van der Waals surface area contributed by atoms with Crippen LogP contribution < -0.4 is 5.32 Å². The highest BCUT2D eigenvalue weighted by Crippen LogP contribution is 2.21. The van der Waals surface area contributed by atoms with Gasteiger partial charge in [-0.25, -0.2) is 0 Å². The first kappa shape index (κ1) is 11.7. The number of H-pyrrole nitrogens is 1. The van der Waals surface area contributed by atoms with Crippen molar-refractivity contribution in [1.29, 1.82) is 0 Å². The lowest BCUT2D eigenvalue weighted by Gasteiger charge is -2.15. The number of aromatic amines is 1. The van der Waals surface area contributed by atoms with Crippen LogP contribution in [-0.4, -0.2) is 10.2 Å². The average Bonchev–Trinajstić information content (AvgIpc) is 2.82. The van der Waals surface area contributed by atoms with E-state index in [0.29, 0.717) is 5.92 Å². The fourth-order valence-corrected chi connectivity index (χ4v) is 1.83. The van der Waals surface area contributed by atoms with Crippen LogP contribution in [0.15, 0.2) is 36.7 Å². The molecule has 0 aliphatic carbocycles. The van der Waals surface area contributed by atoms with Crippen LogP contribution in [-0.2, 0) is 0 Å². The number of aromatic nitrogens is 2. The Kier molecular flexibility index (Phi) is 3.47. The second-order valence-corrected chi connectivity index (χ2v) is 4.67. The molecule has 17 heavy (non-hydrogen) atoms. The molecule has 0 fully saturated rings.